The van der Waals surface area contributed by atoms with Crippen molar-refractivity contribution in [2.24, 2.45) is 0 Å². The summed E-state index contributed by atoms with van der Waals surface area (Å²) in [5.41, 5.74) is 1.11. The van der Waals surface area contributed by atoms with Crippen LogP contribution in [0.2, 0.25) is 5.02 Å². The number of hydrogen-bond acceptors (Lipinski definition) is 3. The van der Waals surface area contributed by atoms with Gasteiger partial charge in [-0.25, -0.2) is 12.8 Å². The molecule has 0 saturated heterocycles. The van der Waals surface area contributed by atoms with Crippen LogP contribution >= 0.6 is 11.6 Å². The van der Waals surface area contributed by atoms with Crippen LogP contribution in [-0.4, -0.2) is 31.4 Å². The molecule has 2 rings (SSSR count). The lowest BCUT2D eigenvalue weighted by Gasteiger charge is -2.20. The number of rotatable bonds is 7. The predicted molar refractivity (Wildman–Crippen MR) is 96.4 cm³/mol. The Kier molecular flexibility index (Phi) is 6.52. The third kappa shape index (κ3) is 6.12. The molecule has 25 heavy (non-hydrogen) atoms. The first-order chi connectivity index (χ1) is 11.8. The van der Waals surface area contributed by atoms with Gasteiger partial charge in [-0.15, -0.1) is 0 Å². The number of amides is 1. The number of anilines is 1. The molecule has 0 aliphatic heterocycles. The zero-order valence-electron chi connectivity index (χ0n) is 13.6. The Labute approximate surface area is 151 Å². The van der Waals surface area contributed by atoms with Crippen molar-refractivity contribution in [2.45, 2.75) is 13.0 Å². The van der Waals surface area contributed by atoms with E-state index >= 15 is 0 Å². The van der Waals surface area contributed by atoms with Crippen molar-refractivity contribution in [3.05, 3.63) is 64.9 Å². The van der Waals surface area contributed by atoms with Crippen molar-refractivity contribution < 1.29 is 17.6 Å². The number of carbonyl (C=O) groups excluding carboxylic acids is 1. The van der Waals surface area contributed by atoms with E-state index in [1.54, 1.807) is 24.3 Å². The predicted octanol–water partition coefficient (Wildman–Crippen LogP) is 3.27. The lowest BCUT2D eigenvalue weighted by molar-refractivity contribution is -0.116. The lowest BCUT2D eigenvalue weighted by atomic mass is 10.2. The van der Waals surface area contributed by atoms with Crippen LogP contribution in [-0.2, 0) is 21.4 Å². The average molecular weight is 385 g/mol. The van der Waals surface area contributed by atoms with Crippen molar-refractivity contribution in [3.8, 4) is 0 Å². The molecule has 1 amide bonds. The van der Waals surface area contributed by atoms with Crippen LogP contribution in [0.5, 0.6) is 0 Å². The van der Waals surface area contributed by atoms with Crippen LogP contribution in [0.3, 0.4) is 0 Å². The van der Waals surface area contributed by atoms with Gasteiger partial charge in [0.05, 0.1) is 6.26 Å². The molecule has 0 fully saturated rings. The summed E-state index contributed by atoms with van der Waals surface area (Å²) in [6, 6.07) is 12.3. The fourth-order valence-electron chi connectivity index (χ4n) is 2.16. The molecule has 0 aromatic heterocycles. The van der Waals surface area contributed by atoms with Gasteiger partial charge in [0.2, 0.25) is 15.9 Å². The molecule has 0 bridgehead atoms. The van der Waals surface area contributed by atoms with Gasteiger partial charge in [0.1, 0.15) is 5.82 Å². The smallest absolute Gasteiger partial charge is 0.225 e. The molecule has 0 radical (unpaired) electrons. The van der Waals surface area contributed by atoms with Gasteiger partial charge >= 0.3 is 0 Å². The van der Waals surface area contributed by atoms with Crippen molar-refractivity contribution >= 4 is 33.2 Å². The standard InChI is InChI=1S/C17H18ClFN2O3S/c1-25(23,24)21(12-13-4-2-3-5-16(13)18)11-10-17(22)20-15-8-6-14(19)7-9-15/h2-9H,10-12H2,1H3,(H,20,22). The van der Waals surface area contributed by atoms with Crippen molar-refractivity contribution in [1.82, 2.24) is 4.31 Å². The summed E-state index contributed by atoms with van der Waals surface area (Å²) in [6.45, 7) is 0.0966. The number of hydrogen-bond donors (Lipinski definition) is 1. The first-order valence-electron chi connectivity index (χ1n) is 7.49. The highest BCUT2D eigenvalue weighted by Gasteiger charge is 2.19. The Morgan fingerprint density at radius 1 is 1.16 bits per heavy atom. The maximum atomic E-state index is 12.9. The normalized spacial score (nSPS) is 11.5. The molecular formula is C17H18ClFN2O3S. The van der Waals surface area contributed by atoms with Crippen LogP contribution < -0.4 is 5.32 Å². The maximum Gasteiger partial charge on any atom is 0.225 e. The van der Waals surface area contributed by atoms with E-state index in [2.05, 4.69) is 5.32 Å². The molecule has 1 N–H and O–H groups in total. The van der Waals surface area contributed by atoms with E-state index in [-0.39, 0.29) is 25.4 Å². The molecule has 0 saturated carbocycles. The highest BCUT2D eigenvalue weighted by molar-refractivity contribution is 7.88. The molecule has 2 aromatic carbocycles. The zero-order chi connectivity index (χ0) is 18.4. The van der Waals surface area contributed by atoms with E-state index in [9.17, 15) is 17.6 Å². The summed E-state index contributed by atoms with van der Waals surface area (Å²) in [4.78, 5) is 12.0. The van der Waals surface area contributed by atoms with Gasteiger partial charge in [-0.05, 0) is 35.9 Å². The van der Waals surface area contributed by atoms with Gasteiger partial charge in [-0.1, -0.05) is 29.8 Å². The molecule has 0 spiro atoms. The molecule has 0 heterocycles. The summed E-state index contributed by atoms with van der Waals surface area (Å²) in [5, 5.41) is 3.06. The number of benzene rings is 2. The van der Waals surface area contributed by atoms with E-state index in [4.69, 9.17) is 11.6 Å². The fourth-order valence-corrected chi connectivity index (χ4v) is 3.15. The number of nitrogens with zero attached hydrogens (tertiary/aromatic N) is 1. The Balaban J connectivity index is 1.99. The SMILES string of the molecule is CS(=O)(=O)N(CCC(=O)Nc1ccc(F)cc1)Cc1ccccc1Cl. The third-order valence-corrected chi connectivity index (χ3v) is 5.11. The molecule has 0 aliphatic rings. The minimum atomic E-state index is -3.51. The third-order valence-electron chi connectivity index (χ3n) is 3.49. The lowest BCUT2D eigenvalue weighted by Crippen LogP contribution is -2.32. The molecule has 0 unspecified atom stereocenters. The minimum Gasteiger partial charge on any atom is -0.326 e. The summed E-state index contributed by atoms with van der Waals surface area (Å²) in [6.07, 6.45) is 1.05. The van der Waals surface area contributed by atoms with Gasteiger partial charge in [0.25, 0.3) is 0 Å². The van der Waals surface area contributed by atoms with Crippen LogP contribution in [0.1, 0.15) is 12.0 Å². The van der Waals surface area contributed by atoms with Crippen molar-refractivity contribution in [3.63, 3.8) is 0 Å². The monoisotopic (exact) mass is 384 g/mol. The summed E-state index contributed by atoms with van der Waals surface area (Å²) in [5.74, 6) is -0.764. The molecular weight excluding hydrogens is 367 g/mol. The van der Waals surface area contributed by atoms with E-state index in [0.717, 1.165) is 6.26 Å². The first kappa shape index (κ1) is 19.4. The van der Waals surface area contributed by atoms with E-state index in [0.29, 0.717) is 16.3 Å². The van der Waals surface area contributed by atoms with E-state index in [1.165, 1.54) is 28.6 Å². The fraction of sp³-hybridized carbons (Fsp3) is 0.235. The van der Waals surface area contributed by atoms with E-state index in [1.807, 2.05) is 0 Å². The number of sulfonamides is 1. The number of carbonyl (C=O) groups is 1. The molecule has 8 heteroatoms. The second kappa shape index (κ2) is 8.42. The second-order valence-corrected chi connectivity index (χ2v) is 7.88. The van der Waals surface area contributed by atoms with Crippen LogP contribution in [0.15, 0.2) is 48.5 Å². The van der Waals surface area contributed by atoms with Crippen LogP contribution in [0.4, 0.5) is 10.1 Å². The Bertz CT molecular complexity index is 841. The van der Waals surface area contributed by atoms with Gasteiger partial charge in [-0.3, -0.25) is 4.79 Å². The first-order valence-corrected chi connectivity index (χ1v) is 9.72. The van der Waals surface area contributed by atoms with Crippen LogP contribution in [0, 0.1) is 5.82 Å². The second-order valence-electron chi connectivity index (χ2n) is 5.49. The Hall–Kier alpha value is -1.96. The number of halogens is 2. The average Bonchev–Trinajstić information content (AvgIpc) is 2.54. The molecule has 5 nitrogen and oxygen atoms in total. The summed E-state index contributed by atoms with van der Waals surface area (Å²) in [7, 11) is -3.51. The van der Waals surface area contributed by atoms with Gasteiger partial charge in [0, 0.05) is 30.2 Å². The van der Waals surface area contributed by atoms with Gasteiger partial charge in [-0.2, -0.15) is 4.31 Å². The minimum absolute atomic E-state index is 0.0110. The quantitative estimate of drug-likeness (QED) is 0.796. The van der Waals surface area contributed by atoms with Crippen LogP contribution in [0.25, 0.3) is 0 Å². The summed E-state index contributed by atoms with van der Waals surface area (Å²) >= 11 is 6.07. The molecule has 0 atom stereocenters. The number of nitrogens with one attached hydrogen (secondary N) is 1. The highest BCUT2D eigenvalue weighted by atomic mass is 35.5. The highest BCUT2D eigenvalue weighted by Crippen LogP contribution is 2.18. The Morgan fingerprint density at radius 2 is 1.80 bits per heavy atom. The van der Waals surface area contributed by atoms with Crippen molar-refractivity contribution in [1.29, 1.82) is 0 Å². The van der Waals surface area contributed by atoms with Gasteiger partial charge in [0.15, 0.2) is 0 Å². The zero-order valence-corrected chi connectivity index (χ0v) is 15.1. The molecule has 0 aliphatic carbocycles. The largest absolute Gasteiger partial charge is 0.326 e. The molecule has 134 valence electrons. The van der Waals surface area contributed by atoms with E-state index < -0.39 is 15.8 Å². The maximum absolute atomic E-state index is 12.9. The Morgan fingerprint density at radius 3 is 2.40 bits per heavy atom. The summed E-state index contributed by atoms with van der Waals surface area (Å²) < 4.78 is 38.0. The van der Waals surface area contributed by atoms with Crippen molar-refractivity contribution in [2.75, 3.05) is 18.1 Å². The topological polar surface area (TPSA) is 66.5 Å². The molecule has 2 aromatic rings. The van der Waals surface area contributed by atoms with Gasteiger partial charge < -0.3 is 5.32 Å².